The number of hydrogen-bond acceptors (Lipinski definition) is 5. The van der Waals surface area contributed by atoms with Gasteiger partial charge in [0.1, 0.15) is 13.2 Å². The van der Waals surface area contributed by atoms with Gasteiger partial charge in [-0.25, -0.2) is 9.36 Å². The Bertz CT molecular complexity index is 438. The van der Waals surface area contributed by atoms with Crippen LogP contribution < -0.4 is 0 Å². The second-order valence-corrected chi connectivity index (χ2v) is 7.85. The molecule has 0 rings (SSSR count). The Labute approximate surface area is 158 Å². The molecule has 1 N–H and O–H groups in total. The fraction of sp³-hybridized carbons (Fsp3) is 0.833. The molecular formula is C18H37NO6P+. The van der Waals surface area contributed by atoms with Gasteiger partial charge >= 0.3 is 13.8 Å². The Kier molecular flexibility index (Phi) is 14.0. The molecule has 1 atom stereocenters. The first-order valence-corrected chi connectivity index (χ1v) is 11.1. The standard InChI is InChI=1S/C18H36NO6P/c1-5-10-18(20)23-15-9-16-24-26(21,22)25-17-14-19(11-6-2,12-7-3)13-8-4/h5,10H,6-9,11-17H2,1-4H3/p+1. The van der Waals surface area contributed by atoms with Crippen LogP contribution in [0.4, 0.5) is 0 Å². The van der Waals surface area contributed by atoms with E-state index in [9.17, 15) is 14.3 Å². The topological polar surface area (TPSA) is 82.1 Å². The Morgan fingerprint density at radius 3 is 2.00 bits per heavy atom. The van der Waals surface area contributed by atoms with E-state index in [1.165, 1.54) is 6.08 Å². The molecule has 0 aromatic carbocycles. The van der Waals surface area contributed by atoms with Gasteiger partial charge in [-0.3, -0.25) is 9.05 Å². The van der Waals surface area contributed by atoms with Crippen LogP contribution >= 0.6 is 7.82 Å². The summed E-state index contributed by atoms with van der Waals surface area (Å²) < 4.78 is 27.8. The first-order valence-electron chi connectivity index (χ1n) is 9.61. The van der Waals surface area contributed by atoms with E-state index in [0.717, 1.165) is 43.4 Å². The van der Waals surface area contributed by atoms with E-state index in [1.54, 1.807) is 13.0 Å². The number of nitrogens with zero attached hydrogens (tertiary/aromatic N) is 1. The number of carbonyl (C=O) groups excluding carboxylic acids is 1. The number of esters is 1. The molecule has 8 heteroatoms. The van der Waals surface area contributed by atoms with Gasteiger partial charge in [-0.15, -0.1) is 0 Å². The molecule has 0 aliphatic rings. The average Bonchev–Trinajstić information content (AvgIpc) is 2.55. The highest BCUT2D eigenvalue weighted by Gasteiger charge is 2.27. The third-order valence-electron chi connectivity index (χ3n) is 4.00. The summed E-state index contributed by atoms with van der Waals surface area (Å²) in [5.74, 6) is -0.437. The van der Waals surface area contributed by atoms with Crippen LogP contribution in [0.2, 0.25) is 0 Å². The van der Waals surface area contributed by atoms with Crippen LogP contribution in [-0.4, -0.2) is 61.3 Å². The maximum Gasteiger partial charge on any atom is 0.472 e. The summed E-state index contributed by atoms with van der Waals surface area (Å²) in [6.45, 7) is 12.3. The van der Waals surface area contributed by atoms with Gasteiger partial charge in [-0.1, -0.05) is 26.8 Å². The van der Waals surface area contributed by atoms with E-state index < -0.39 is 13.8 Å². The van der Waals surface area contributed by atoms with Gasteiger partial charge in [0.05, 0.1) is 32.8 Å². The zero-order chi connectivity index (χ0) is 19.9. The summed E-state index contributed by atoms with van der Waals surface area (Å²) in [5.41, 5.74) is 0. The number of rotatable bonds is 16. The number of phosphoric ester groups is 1. The van der Waals surface area contributed by atoms with Gasteiger partial charge in [0.2, 0.25) is 0 Å². The van der Waals surface area contributed by atoms with Gasteiger partial charge in [-0.05, 0) is 26.2 Å². The second kappa shape index (κ2) is 14.4. The molecular weight excluding hydrogens is 357 g/mol. The Morgan fingerprint density at radius 1 is 0.962 bits per heavy atom. The van der Waals surface area contributed by atoms with Crippen LogP contribution in [0.1, 0.15) is 53.4 Å². The second-order valence-electron chi connectivity index (χ2n) is 6.39. The minimum atomic E-state index is -4.08. The van der Waals surface area contributed by atoms with E-state index in [4.69, 9.17) is 13.8 Å². The molecule has 7 nitrogen and oxygen atoms in total. The van der Waals surface area contributed by atoms with Gasteiger partial charge in [0, 0.05) is 12.5 Å². The van der Waals surface area contributed by atoms with Crippen molar-refractivity contribution >= 4 is 13.8 Å². The predicted molar refractivity (Wildman–Crippen MR) is 103 cm³/mol. The maximum atomic E-state index is 12.0. The molecule has 0 bridgehead atoms. The fourth-order valence-corrected chi connectivity index (χ4v) is 3.82. The summed E-state index contributed by atoms with van der Waals surface area (Å²) in [7, 11) is -4.08. The summed E-state index contributed by atoms with van der Waals surface area (Å²) >= 11 is 0. The molecule has 0 aromatic rings. The van der Waals surface area contributed by atoms with Crippen molar-refractivity contribution in [3.8, 4) is 0 Å². The maximum absolute atomic E-state index is 12.0. The van der Waals surface area contributed by atoms with Crippen molar-refractivity contribution in [1.29, 1.82) is 0 Å². The SMILES string of the molecule is CC=CC(=O)OCCCOP(=O)(O)OCC[N+](CCC)(CCC)CCC. The monoisotopic (exact) mass is 394 g/mol. The molecule has 26 heavy (non-hydrogen) atoms. The largest absolute Gasteiger partial charge is 0.472 e. The van der Waals surface area contributed by atoms with Crippen molar-refractivity contribution < 1.29 is 32.5 Å². The summed E-state index contributed by atoms with van der Waals surface area (Å²) in [4.78, 5) is 20.9. The van der Waals surface area contributed by atoms with Crippen LogP contribution in [0, 0.1) is 0 Å². The smallest absolute Gasteiger partial charge is 0.462 e. The highest BCUT2D eigenvalue weighted by atomic mass is 31.2. The summed E-state index contributed by atoms with van der Waals surface area (Å²) in [6, 6.07) is 0. The zero-order valence-electron chi connectivity index (χ0n) is 16.8. The van der Waals surface area contributed by atoms with E-state index in [-0.39, 0.29) is 19.8 Å². The fourth-order valence-electron chi connectivity index (χ4n) is 3.08. The van der Waals surface area contributed by atoms with E-state index in [1.807, 2.05) is 0 Å². The Hall–Kier alpha value is -0.720. The van der Waals surface area contributed by atoms with Crippen molar-refractivity contribution in [2.45, 2.75) is 53.4 Å². The molecule has 0 aromatic heterocycles. The normalized spacial score (nSPS) is 14.5. The lowest BCUT2D eigenvalue weighted by atomic mass is 10.2. The minimum Gasteiger partial charge on any atom is -0.462 e. The third kappa shape index (κ3) is 11.8. The highest BCUT2D eigenvalue weighted by molar-refractivity contribution is 7.47. The van der Waals surface area contributed by atoms with Gasteiger partial charge in [-0.2, -0.15) is 0 Å². The van der Waals surface area contributed by atoms with E-state index in [0.29, 0.717) is 13.0 Å². The molecule has 0 amide bonds. The molecule has 0 fully saturated rings. The van der Waals surface area contributed by atoms with Crippen molar-refractivity contribution in [2.24, 2.45) is 0 Å². The minimum absolute atomic E-state index is 0.00419. The van der Waals surface area contributed by atoms with Crippen LogP contribution in [0.25, 0.3) is 0 Å². The lowest BCUT2D eigenvalue weighted by Crippen LogP contribution is -2.51. The number of quaternary nitrogens is 1. The lowest BCUT2D eigenvalue weighted by Gasteiger charge is -2.38. The number of ether oxygens (including phenoxy) is 1. The lowest BCUT2D eigenvalue weighted by molar-refractivity contribution is -0.928. The molecule has 0 saturated carbocycles. The molecule has 154 valence electrons. The van der Waals surface area contributed by atoms with Crippen LogP contribution in [0.5, 0.6) is 0 Å². The van der Waals surface area contributed by atoms with E-state index in [2.05, 4.69) is 20.8 Å². The first-order chi connectivity index (χ1) is 12.3. The highest BCUT2D eigenvalue weighted by Crippen LogP contribution is 2.43. The number of carbonyl (C=O) groups is 1. The van der Waals surface area contributed by atoms with Crippen molar-refractivity contribution in [2.75, 3.05) is 46.0 Å². The van der Waals surface area contributed by atoms with Gasteiger partial charge in [0.25, 0.3) is 0 Å². The van der Waals surface area contributed by atoms with Crippen molar-refractivity contribution in [3.63, 3.8) is 0 Å². The molecule has 0 spiro atoms. The van der Waals surface area contributed by atoms with Crippen molar-refractivity contribution in [3.05, 3.63) is 12.2 Å². The quantitative estimate of drug-likeness (QED) is 0.141. The molecule has 0 aliphatic carbocycles. The van der Waals surface area contributed by atoms with Crippen LogP contribution in [-0.2, 0) is 23.1 Å². The average molecular weight is 394 g/mol. The van der Waals surface area contributed by atoms with Gasteiger partial charge < -0.3 is 14.1 Å². The Balaban J connectivity index is 4.23. The Morgan fingerprint density at radius 2 is 1.50 bits per heavy atom. The van der Waals surface area contributed by atoms with Gasteiger partial charge in [0.15, 0.2) is 0 Å². The van der Waals surface area contributed by atoms with E-state index >= 15 is 0 Å². The third-order valence-corrected chi connectivity index (χ3v) is 5.02. The summed E-state index contributed by atoms with van der Waals surface area (Å²) in [6.07, 6.45) is 6.44. The van der Waals surface area contributed by atoms with Crippen molar-refractivity contribution in [1.82, 2.24) is 0 Å². The first kappa shape index (κ1) is 25.3. The summed E-state index contributed by atoms with van der Waals surface area (Å²) in [5, 5.41) is 0. The predicted octanol–water partition coefficient (Wildman–Crippen LogP) is 3.68. The number of allylic oxidation sites excluding steroid dienone is 1. The number of hydrogen-bond donors (Lipinski definition) is 1. The molecule has 0 heterocycles. The molecule has 0 radical (unpaired) electrons. The molecule has 1 unspecified atom stereocenters. The number of phosphoric acid groups is 1. The molecule has 0 saturated heterocycles. The van der Waals surface area contributed by atoms with Crippen LogP contribution in [0.15, 0.2) is 12.2 Å². The van der Waals surface area contributed by atoms with Crippen LogP contribution in [0.3, 0.4) is 0 Å². The molecule has 0 aliphatic heterocycles. The zero-order valence-corrected chi connectivity index (χ0v) is 17.7.